The van der Waals surface area contributed by atoms with Crippen molar-refractivity contribution in [2.24, 2.45) is 5.10 Å². The van der Waals surface area contributed by atoms with Crippen molar-refractivity contribution in [3.8, 4) is 5.75 Å². The summed E-state index contributed by atoms with van der Waals surface area (Å²) in [5.74, 6) is 0.0872. The van der Waals surface area contributed by atoms with E-state index in [2.05, 4.69) is 10.5 Å². The van der Waals surface area contributed by atoms with Gasteiger partial charge in [0.05, 0.1) is 6.21 Å². The summed E-state index contributed by atoms with van der Waals surface area (Å²) >= 11 is 12.2. The molecule has 0 spiro atoms. The summed E-state index contributed by atoms with van der Waals surface area (Å²) in [4.78, 5) is 13.2. The second kappa shape index (κ2) is 11.6. The summed E-state index contributed by atoms with van der Waals surface area (Å²) in [6, 6.07) is 26.7. The number of aryl methyl sites for hydroxylation is 2. The van der Waals surface area contributed by atoms with Crippen LogP contribution in [0.25, 0.3) is 0 Å². The molecule has 0 bridgehead atoms. The van der Waals surface area contributed by atoms with Gasteiger partial charge in [-0.15, -0.1) is 0 Å². The lowest BCUT2D eigenvalue weighted by Crippen LogP contribution is -2.43. The first-order chi connectivity index (χ1) is 17.8. The molecule has 4 rings (SSSR count). The third kappa shape index (κ3) is 6.03. The zero-order chi connectivity index (χ0) is 26.4. The molecule has 7 heteroatoms. The van der Waals surface area contributed by atoms with E-state index in [-0.39, 0.29) is 0 Å². The Morgan fingerprint density at radius 1 is 0.919 bits per heavy atom. The average Bonchev–Trinajstić information content (AvgIpc) is 2.89. The van der Waals surface area contributed by atoms with Crippen LogP contribution >= 0.6 is 23.2 Å². The Kier molecular flexibility index (Phi) is 8.29. The van der Waals surface area contributed by atoms with Gasteiger partial charge in [-0.25, -0.2) is 5.43 Å². The smallest absolute Gasteiger partial charge is 0.281 e. The summed E-state index contributed by atoms with van der Waals surface area (Å²) in [7, 11) is 0. The maximum atomic E-state index is 13.2. The van der Waals surface area contributed by atoms with Gasteiger partial charge in [-0.3, -0.25) is 4.79 Å². The van der Waals surface area contributed by atoms with Gasteiger partial charge in [-0.2, -0.15) is 5.10 Å². The summed E-state index contributed by atoms with van der Waals surface area (Å²) in [5, 5.41) is 16.8. The van der Waals surface area contributed by atoms with Gasteiger partial charge in [-0.05, 0) is 65.9 Å². The molecule has 4 aromatic carbocycles. The number of hydrogen-bond acceptors (Lipinski definition) is 4. The highest BCUT2D eigenvalue weighted by molar-refractivity contribution is 6.35. The standard InChI is InChI=1S/C30H26Cl2N2O3/c1-20-15-22(16-21(2)28(20)37-19-23-13-14-26(31)17-27(23)32)18-33-34-29(35)30(36,24-9-5-3-6-10-24)25-11-7-4-8-12-25/h3-18,36H,19H2,1-2H3,(H,34,35)/b33-18-. The van der Waals surface area contributed by atoms with Crippen molar-refractivity contribution in [2.75, 3.05) is 0 Å². The first-order valence-electron chi connectivity index (χ1n) is 11.6. The van der Waals surface area contributed by atoms with Crippen molar-refractivity contribution >= 4 is 35.3 Å². The van der Waals surface area contributed by atoms with Crippen LogP contribution in [0.15, 0.2) is 96.1 Å². The molecule has 0 aliphatic heterocycles. The lowest BCUT2D eigenvalue weighted by atomic mass is 9.85. The van der Waals surface area contributed by atoms with Crippen LogP contribution in [0.3, 0.4) is 0 Å². The van der Waals surface area contributed by atoms with Crippen molar-refractivity contribution in [3.63, 3.8) is 0 Å². The second-order valence-electron chi connectivity index (χ2n) is 8.65. The fourth-order valence-corrected chi connectivity index (χ4v) is 4.57. The fourth-order valence-electron chi connectivity index (χ4n) is 4.11. The van der Waals surface area contributed by atoms with Gasteiger partial charge in [-0.1, -0.05) is 89.9 Å². The molecule has 0 aliphatic carbocycles. The Labute approximate surface area is 226 Å². The van der Waals surface area contributed by atoms with Crippen LogP contribution in [-0.4, -0.2) is 17.2 Å². The molecule has 0 aliphatic rings. The van der Waals surface area contributed by atoms with Crippen molar-refractivity contribution in [2.45, 2.75) is 26.1 Å². The number of hydrogen-bond donors (Lipinski definition) is 2. The second-order valence-corrected chi connectivity index (χ2v) is 9.49. The number of ether oxygens (including phenoxy) is 1. The molecule has 4 aromatic rings. The molecule has 0 aromatic heterocycles. The summed E-state index contributed by atoms with van der Waals surface area (Å²) in [5.41, 5.74) is 4.92. The quantitative estimate of drug-likeness (QED) is 0.199. The van der Waals surface area contributed by atoms with Gasteiger partial charge in [0.1, 0.15) is 12.4 Å². The number of hydrazone groups is 1. The summed E-state index contributed by atoms with van der Waals surface area (Å²) < 4.78 is 6.04. The fraction of sp³-hybridized carbons (Fsp3) is 0.133. The van der Waals surface area contributed by atoms with Crippen LogP contribution in [0.4, 0.5) is 0 Å². The zero-order valence-electron chi connectivity index (χ0n) is 20.4. The number of carbonyl (C=O) groups excluding carboxylic acids is 1. The predicted molar refractivity (Wildman–Crippen MR) is 148 cm³/mol. The van der Waals surface area contributed by atoms with Crippen LogP contribution in [0, 0.1) is 13.8 Å². The maximum Gasteiger partial charge on any atom is 0.281 e. The molecule has 0 radical (unpaired) electrons. The molecular formula is C30H26Cl2N2O3. The molecule has 0 saturated carbocycles. The molecule has 0 unspecified atom stereocenters. The monoisotopic (exact) mass is 532 g/mol. The van der Waals surface area contributed by atoms with E-state index in [1.54, 1.807) is 60.7 Å². The number of halogens is 2. The molecule has 37 heavy (non-hydrogen) atoms. The number of nitrogens with one attached hydrogen (secondary N) is 1. The minimum Gasteiger partial charge on any atom is -0.488 e. The van der Waals surface area contributed by atoms with Crippen LogP contribution in [-0.2, 0) is 17.0 Å². The molecule has 0 saturated heterocycles. The van der Waals surface area contributed by atoms with E-state index in [1.165, 1.54) is 6.21 Å². The molecule has 2 N–H and O–H groups in total. The van der Waals surface area contributed by atoms with E-state index >= 15 is 0 Å². The number of nitrogens with zero attached hydrogens (tertiary/aromatic N) is 1. The Morgan fingerprint density at radius 2 is 1.49 bits per heavy atom. The first-order valence-corrected chi connectivity index (χ1v) is 12.4. The number of benzene rings is 4. The number of carbonyl (C=O) groups is 1. The third-order valence-electron chi connectivity index (χ3n) is 5.96. The Morgan fingerprint density at radius 3 is 2.03 bits per heavy atom. The minimum atomic E-state index is -1.90. The topological polar surface area (TPSA) is 70.9 Å². The van der Waals surface area contributed by atoms with E-state index in [4.69, 9.17) is 27.9 Å². The van der Waals surface area contributed by atoms with Crippen molar-refractivity contribution in [1.29, 1.82) is 0 Å². The first kappa shape index (κ1) is 26.4. The number of amides is 1. The van der Waals surface area contributed by atoms with Gasteiger partial charge in [0.25, 0.3) is 5.91 Å². The molecule has 0 atom stereocenters. The number of rotatable bonds is 8. The molecule has 5 nitrogen and oxygen atoms in total. The molecule has 0 fully saturated rings. The Hall–Kier alpha value is -3.64. The molecular weight excluding hydrogens is 507 g/mol. The molecule has 0 heterocycles. The van der Waals surface area contributed by atoms with Gasteiger partial charge >= 0.3 is 0 Å². The van der Waals surface area contributed by atoms with Crippen LogP contribution < -0.4 is 10.2 Å². The highest BCUT2D eigenvalue weighted by atomic mass is 35.5. The normalized spacial score (nSPS) is 11.5. The molecule has 1 amide bonds. The average molecular weight is 533 g/mol. The zero-order valence-corrected chi connectivity index (χ0v) is 21.9. The third-order valence-corrected chi connectivity index (χ3v) is 6.55. The molecule has 188 valence electrons. The SMILES string of the molecule is Cc1cc(/C=N\NC(=O)C(O)(c2ccccc2)c2ccccc2)cc(C)c1OCc1ccc(Cl)cc1Cl. The lowest BCUT2D eigenvalue weighted by molar-refractivity contribution is -0.136. The van der Waals surface area contributed by atoms with E-state index in [1.807, 2.05) is 44.2 Å². The van der Waals surface area contributed by atoms with Crippen molar-refractivity contribution in [1.82, 2.24) is 5.43 Å². The van der Waals surface area contributed by atoms with E-state index in [0.29, 0.717) is 27.8 Å². The van der Waals surface area contributed by atoms with Gasteiger partial charge in [0.15, 0.2) is 5.60 Å². The van der Waals surface area contributed by atoms with E-state index in [9.17, 15) is 9.90 Å². The summed E-state index contributed by atoms with van der Waals surface area (Å²) in [6.45, 7) is 4.18. The van der Waals surface area contributed by atoms with Gasteiger partial charge < -0.3 is 9.84 Å². The predicted octanol–water partition coefficient (Wildman–Crippen LogP) is 6.58. The van der Waals surface area contributed by atoms with Crippen LogP contribution in [0.2, 0.25) is 10.0 Å². The Bertz CT molecular complexity index is 1360. The Balaban J connectivity index is 1.49. The highest BCUT2D eigenvalue weighted by Crippen LogP contribution is 2.30. The largest absolute Gasteiger partial charge is 0.488 e. The van der Waals surface area contributed by atoms with Crippen LogP contribution in [0.5, 0.6) is 5.75 Å². The van der Waals surface area contributed by atoms with Crippen LogP contribution in [0.1, 0.15) is 33.4 Å². The van der Waals surface area contributed by atoms with E-state index < -0.39 is 11.5 Å². The van der Waals surface area contributed by atoms with Crippen molar-refractivity contribution in [3.05, 3.63) is 134 Å². The van der Waals surface area contributed by atoms with Crippen molar-refractivity contribution < 1.29 is 14.6 Å². The minimum absolute atomic E-state index is 0.304. The maximum absolute atomic E-state index is 13.2. The highest BCUT2D eigenvalue weighted by Gasteiger charge is 2.39. The van der Waals surface area contributed by atoms with E-state index in [0.717, 1.165) is 28.0 Å². The number of aliphatic hydroxyl groups is 1. The van der Waals surface area contributed by atoms with Gasteiger partial charge in [0.2, 0.25) is 0 Å². The summed E-state index contributed by atoms with van der Waals surface area (Å²) in [6.07, 6.45) is 1.54. The van der Waals surface area contributed by atoms with Gasteiger partial charge in [0, 0.05) is 15.6 Å². The lowest BCUT2D eigenvalue weighted by Gasteiger charge is -2.27.